The summed E-state index contributed by atoms with van der Waals surface area (Å²) >= 11 is 0. The van der Waals surface area contributed by atoms with Crippen LogP contribution in [0.15, 0.2) is 23.1 Å². The highest BCUT2D eigenvalue weighted by molar-refractivity contribution is 7.89. The van der Waals surface area contributed by atoms with Gasteiger partial charge in [0.05, 0.1) is 4.90 Å². The molecular formula is C16H26N2O2S. The molecule has 1 aromatic carbocycles. The van der Waals surface area contributed by atoms with Gasteiger partial charge in [0.15, 0.2) is 0 Å². The van der Waals surface area contributed by atoms with Crippen LogP contribution in [-0.4, -0.2) is 38.9 Å². The molecule has 1 N–H and O–H groups in total. The predicted molar refractivity (Wildman–Crippen MR) is 86.0 cm³/mol. The van der Waals surface area contributed by atoms with Gasteiger partial charge in [0.2, 0.25) is 10.0 Å². The summed E-state index contributed by atoms with van der Waals surface area (Å²) in [6.45, 7) is 3.87. The first kappa shape index (κ1) is 16.5. The Kier molecular flexibility index (Phi) is 5.07. The SMILES string of the molecule is CNC1CCC(N(C)S(=O)(=O)c2cc(C)cc(C)c2)CC1. The summed E-state index contributed by atoms with van der Waals surface area (Å²) < 4.78 is 27.2. The Labute approximate surface area is 128 Å². The number of hydrogen-bond acceptors (Lipinski definition) is 3. The van der Waals surface area contributed by atoms with E-state index in [1.54, 1.807) is 23.5 Å². The lowest BCUT2D eigenvalue weighted by molar-refractivity contribution is 0.255. The normalized spacial score (nSPS) is 23.5. The maximum Gasteiger partial charge on any atom is 0.243 e. The molecule has 4 nitrogen and oxygen atoms in total. The number of aryl methyl sites for hydroxylation is 2. The van der Waals surface area contributed by atoms with E-state index in [0.29, 0.717) is 10.9 Å². The average molecular weight is 310 g/mol. The van der Waals surface area contributed by atoms with Crippen molar-refractivity contribution in [2.45, 2.75) is 56.5 Å². The second kappa shape index (κ2) is 6.46. The highest BCUT2D eigenvalue weighted by Crippen LogP contribution is 2.27. The van der Waals surface area contributed by atoms with E-state index >= 15 is 0 Å². The Balaban J connectivity index is 2.19. The fraction of sp³-hybridized carbons (Fsp3) is 0.625. The van der Waals surface area contributed by atoms with E-state index < -0.39 is 10.0 Å². The number of benzene rings is 1. The van der Waals surface area contributed by atoms with Gasteiger partial charge >= 0.3 is 0 Å². The zero-order valence-electron chi connectivity index (χ0n) is 13.4. The Morgan fingerprint density at radius 2 is 1.57 bits per heavy atom. The molecule has 0 bridgehead atoms. The Hall–Kier alpha value is -0.910. The molecule has 0 aromatic heterocycles. The van der Waals surface area contributed by atoms with Crippen LogP contribution in [-0.2, 0) is 10.0 Å². The van der Waals surface area contributed by atoms with Gasteiger partial charge in [-0.05, 0) is 69.8 Å². The Bertz CT molecular complexity index is 570. The number of nitrogens with zero attached hydrogens (tertiary/aromatic N) is 1. The van der Waals surface area contributed by atoms with Crippen molar-refractivity contribution in [1.29, 1.82) is 0 Å². The third kappa shape index (κ3) is 3.65. The summed E-state index contributed by atoms with van der Waals surface area (Å²) in [5.74, 6) is 0. The molecular weight excluding hydrogens is 284 g/mol. The van der Waals surface area contributed by atoms with Crippen LogP contribution in [0.5, 0.6) is 0 Å². The summed E-state index contributed by atoms with van der Waals surface area (Å²) in [6, 6.07) is 6.16. The highest BCUT2D eigenvalue weighted by Gasteiger charge is 2.31. The molecule has 0 atom stereocenters. The van der Waals surface area contributed by atoms with Crippen molar-refractivity contribution < 1.29 is 8.42 Å². The van der Waals surface area contributed by atoms with Gasteiger partial charge in [0, 0.05) is 19.1 Å². The van der Waals surface area contributed by atoms with E-state index in [1.807, 2.05) is 27.0 Å². The standard InChI is InChI=1S/C16H26N2O2S/c1-12-9-13(2)11-16(10-12)21(19,20)18(4)15-7-5-14(17-3)6-8-15/h9-11,14-15,17H,5-8H2,1-4H3. The summed E-state index contributed by atoms with van der Waals surface area (Å²) in [7, 11) is 0.298. The number of nitrogens with one attached hydrogen (secondary N) is 1. The van der Waals surface area contributed by atoms with E-state index in [4.69, 9.17) is 0 Å². The van der Waals surface area contributed by atoms with E-state index in [1.165, 1.54) is 0 Å². The van der Waals surface area contributed by atoms with E-state index in [0.717, 1.165) is 36.8 Å². The number of rotatable bonds is 4. The van der Waals surface area contributed by atoms with E-state index in [9.17, 15) is 8.42 Å². The number of hydrogen-bond donors (Lipinski definition) is 1. The van der Waals surface area contributed by atoms with Gasteiger partial charge in [-0.25, -0.2) is 8.42 Å². The van der Waals surface area contributed by atoms with Crippen LogP contribution < -0.4 is 5.32 Å². The van der Waals surface area contributed by atoms with Crippen molar-refractivity contribution in [3.05, 3.63) is 29.3 Å². The molecule has 118 valence electrons. The van der Waals surface area contributed by atoms with Gasteiger partial charge in [-0.15, -0.1) is 0 Å². The lowest BCUT2D eigenvalue weighted by Gasteiger charge is -2.34. The van der Waals surface area contributed by atoms with Gasteiger partial charge in [0.25, 0.3) is 0 Å². The molecule has 0 spiro atoms. The molecule has 1 saturated carbocycles. The van der Waals surface area contributed by atoms with Crippen molar-refractivity contribution in [2.75, 3.05) is 14.1 Å². The molecule has 5 heteroatoms. The van der Waals surface area contributed by atoms with Gasteiger partial charge in [-0.2, -0.15) is 4.31 Å². The lowest BCUT2D eigenvalue weighted by Crippen LogP contribution is -2.42. The van der Waals surface area contributed by atoms with Crippen LogP contribution in [0.4, 0.5) is 0 Å². The van der Waals surface area contributed by atoms with Crippen LogP contribution in [0.3, 0.4) is 0 Å². The molecule has 2 rings (SSSR count). The van der Waals surface area contributed by atoms with Crippen molar-refractivity contribution in [3.63, 3.8) is 0 Å². The highest BCUT2D eigenvalue weighted by atomic mass is 32.2. The first-order valence-electron chi connectivity index (χ1n) is 7.58. The molecule has 0 unspecified atom stereocenters. The maximum absolute atomic E-state index is 12.8. The zero-order chi connectivity index (χ0) is 15.6. The van der Waals surface area contributed by atoms with Crippen molar-refractivity contribution >= 4 is 10.0 Å². The van der Waals surface area contributed by atoms with Crippen LogP contribution in [0, 0.1) is 13.8 Å². The quantitative estimate of drug-likeness (QED) is 0.929. The van der Waals surface area contributed by atoms with Gasteiger partial charge in [-0.1, -0.05) is 6.07 Å². The molecule has 1 aromatic rings. The molecule has 0 saturated heterocycles. The van der Waals surface area contributed by atoms with Crippen molar-refractivity contribution in [2.24, 2.45) is 0 Å². The molecule has 0 radical (unpaired) electrons. The molecule has 0 heterocycles. The fourth-order valence-corrected chi connectivity index (χ4v) is 4.78. The second-order valence-electron chi connectivity index (χ2n) is 6.14. The third-order valence-corrected chi connectivity index (χ3v) is 6.38. The smallest absolute Gasteiger partial charge is 0.243 e. The van der Waals surface area contributed by atoms with E-state index in [-0.39, 0.29) is 6.04 Å². The zero-order valence-corrected chi connectivity index (χ0v) is 14.2. The van der Waals surface area contributed by atoms with Crippen LogP contribution in [0.2, 0.25) is 0 Å². The predicted octanol–water partition coefficient (Wildman–Crippen LogP) is 2.45. The van der Waals surface area contributed by atoms with Crippen molar-refractivity contribution in [3.8, 4) is 0 Å². The summed E-state index contributed by atoms with van der Waals surface area (Å²) in [5, 5.41) is 3.28. The molecule has 1 aliphatic rings. The maximum atomic E-state index is 12.8. The molecule has 1 aliphatic carbocycles. The minimum absolute atomic E-state index is 0.111. The van der Waals surface area contributed by atoms with E-state index in [2.05, 4.69) is 5.32 Å². The topological polar surface area (TPSA) is 49.4 Å². The van der Waals surface area contributed by atoms with Gasteiger partial charge < -0.3 is 5.32 Å². The molecule has 0 amide bonds. The molecule has 1 fully saturated rings. The lowest BCUT2D eigenvalue weighted by atomic mass is 9.91. The first-order valence-corrected chi connectivity index (χ1v) is 9.02. The minimum Gasteiger partial charge on any atom is -0.317 e. The minimum atomic E-state index is -3.39. The second-order valence-corrected chi connectivity index (χ2v) is 8.14. The van der Waals surface area contributed by atoms with Crippen LogP contribution in [0.25, 0.3) is 0 Å². The molecule has 0 aliphatic heterocycles. The van der Waals surface area contributed by atoms with Crippen LogP contribution in [0.1, 0.15) is 36.8 Å². The largest absolute Gasteiger partial charge is 0.317 e. The summed E-state index contributed by atoms with van der Waals surface area (Å²) in [4.78, 5) is 0.415. The van der Waals surface area contributed by atoms with Gasteiger partial charge in [0.1, 0.15) is 0 Å². The van der Waals surface area contributed by atoms with Crippen LogP contribution >= 0.6 is 0 Å². The Morgan fingerprint density at radius 1 is 1.05 bits per heavy atom. The first-order chi connectivity index (χ1) is 9.84. The summed E-state index contributed by atoms with van der Waals surface area (Å²) in [5.41, 5.74) is 1.97. The monoisotopic (exact) mass is 310 g/mol. The van der Waals surface area contributed by atoms with Gasteiger partial charge in [-0.3, -0.25) is 0 Å². The fourth-order valence-electron chi connectivity index (χ4n) is 3.17. The third-order valence-electron chi connectivity index (χ3n) is 4.49. The Morgan fingerprint density at radius 3 is 2.05 bits per heavy atom. The molecule has 21 heavy (non-hydrogen) atoms. The van der Waals surface area contributed by atoms with Crippen molar-refractivity contribution in [1.82, 2.24) is 9.62 Å². The summed E-state index contributed by atoms with van der Waals surface area (Å²) in [6.07, 6.45) is 3.92. The average Bonchev–Trinajstić information content (AvgIpc) is 2.45. The number of sulfonamides is 1.